The van der Waals surface area contributed by atoms with Crippen LogP contribution in [0.5, 0.6) is 0 Å². The minimum absolute atomic E-state index is 0. The van der Waals surface area contributed by atoms with Gasteiger partial charge in [0.25, 0.3) is 0 Å². The van der Waals surface area contributed by atoms with Crippen molar-refractivity contribution < 1.29 is 24.5 Å². The van der Waals surface area contributed by atoms with Gasteiger partial charge in [-0.1, -0.05) is 48.0 Å². The van der Waals surface area contributed by atoms with Gasteiger partial charge in [0.1, 0.15) is 0 Å². The van der Waals surface area contributed by atoms with E-state index < -0.39 is 0 Å². The van der Waals surface area contributed by atoms with Crippen molar-refractivity contribution in [3.8, 4) is 11.3 Å². The third-order valence-corrected chi connectivity index (χ3v) is 3.69. The van der Waals surface area contributed by atoms with E-state index >= 15 is 0 Å². The Morgan fingerprint density at radius 3 is 2.55 bits per heavy atom. The molecule has 0 N–H and O–H groups in total. The summed E-state index contributed by atoms with van der Waals surface area (Å²) in [7, 11) is 0. The van der Waals surface area contributed by atoms with Crippen molar-refractivity contribution in [2.75, 3.05) is 0 Å². The van der Waals surface area contributed by atoms with Gasteiger partial charge in [-0.15, -0.1) is 24.3 Å². The van der Waals surface area contributed by atoms with Gasteiger partial charge in [0.15, 0.2) is 0 Å². The molecule has 0 aliphatic rings. The predicted molar refractivity (Wildman–Crippen MR) is 83.5 cm³/mol. The van der Waals surface area contributed by atoms with Crippen LogP contribution in [0.3, 0.4) is 0 Å². The Hall–Kier alpha value is -2.09. The summed E-state index contributed by atoms with van der Waals surface area (Å²) in [4.78, 5) is 4.37. The molecule has 3 aromatic carbocycles. The second-order valence-corrected chi connectivity index (χ2v) is 4.97. The minimum Gasteiger partial charge on any atom is -0.304 e. The van der Waals surface area contributed by atoms with Gasteiger partial charge in [-0.2, -0.15) is 0 Å². The van der Waals surface area contributed by atoms with Crippen molar-refractivity contribution in [2.45, 2.75) is 0 Å². The van der Waals surface area contributed by atoms with Crippen LogP contribution in [-0.4, -0.2) is 4.98 Å². The second-order valence-electron chi connectivity index (χ2n) is 4.97. The van der Waals surface area contributed by atoms with E-state index in [1.807, 2.05) is 24.3 Å². The van der Waals surface area contributed by atoms with Gasteiger partial charge in [-0.3, -0.25) is 4.39 Å². The molecule has 0 amide bonds. The Balaban J connectivity index is 0.00000144. The molecule has 22 heavy (non-hydrogen) atoms. The fourth-order valence-corrected chi connectivity index (χ4v) is 2.65. The molecule has 0 saturated carbocycles. The van der Waals surface area contributed by atoms with Crippen molar-refractivity contribution in [3.63, 3.8) is 0 Å². The molecule has 0 fully saturated rings. The monoisotopic (exact) mass is 465 g/mol. The molecular formula is C19H11FIrN-. The first-order chi connectivity index (χ1) is 10.3. The van der Waals surface area contributed by atoms with E-state index in [1.54, 1.807) is 18.3 Å². The molecule has 1 nitrogen and oxygen atoms in total. The smallest absolute Gasteiger partial charge is 0.0380 e. The van der Waals surface area contributed by atoms with Gasteiger partial charge in [-0.05, 0) is 27.2 Å². The third kappa shape index (κ3) is 2.43. The summed E-state index contributed by atoms with van der Waals surface area (Å²) in [6.07, 6.45) is 1.79. The molecule has 0 saturated heterocycles. The van der Waals surface area contributed by atoms with Crippen LogP contribution in [0.4, 0.5) is 4.39 Å². The molecule has 0 atom stereocenters. The number of benzene rings is 3. The Kier molecular flexibility index (Phi) is 4.02. The Labute approximate surface area is 141 Å². The number of pyridine rings is 1. The van der Waals surface area contributed by atoms with Crippen LogP contribution in [0, 0.1) is 11.9 Å². The van der Waals surface area contributed by atoms with Crippen LogP contribution < -0.4 is 0 Å². The molecular weight excluding hydrogens is 453 g/mol. The van der Waals surface area contributed by atoms with Gasteiger partial charge in [0, 0.05) is 32.1 Å². The van der Waals surface area contributed by atoms with E-state index in [2.05, 4.69) is 29.2 Å². The maximum atomic E-state index is 13.9. The summed E-state index contributed by atoms with van der Waals surface area (Å²) in [5.41, 5.74) is 1.02. The summed E-state index contributed by atoms with van der Waals surface area (Å²) in [5, 5.41) is 4.44. The first-order valence-corrected chi connectivity index (χ1v) is 6.77. The van der Waals surface area contributed by atoms with Crippen molar-refractivity contribution in [1.29, 1.82) is 0 Å². The molecule has 4 aromatic rings. The van der Waals surface area contributed by atoms with Gasteiger partial charge in [0.2, 0.25) is 0 Å². The third-order valence-electron chi connectivity index (χ3n) is 3.69. The number of hydrogen-bond acceptors (Lipinski definition) is 1. The number of fused-ring (bicyclic) bond motifs is 3. The fourth-order valence-electron chi connectivity index (χ4n) is 2.65. The average Bonchev–Trinajstić information content (AvgIpc) is 2.55. The van der Waals surface area contributed by atoms with Crippen molar-refractivity contribution in [2.24, 2.45) is 0 Å². The molecule has 1 heterocycles. The predicted octanol–water partition coefficient (Wildman–Crippen LogP) is 4.99. The number of rotatable bonds is 1. The Morgan fingerprint density at radius 2 is 1.68 bits per heavy atom. The first kappa shape index (κ1) is 14.8. The normalized spacial score (nSPS) is 10.6. The Morgan fingerprint density at radius 1 is 0.864 bits per heavy atom. The molecule has 109 valence electrons. The van der Waals surface area contributed by atoms with Gasteiger partial charge in [0.05, 0.1) is 0 Å². The van der Waals surface area contributed by atoms with Crippen molar-refractivity contribution in [3.05, 3.63) is 78.7 Å². The number of halogens is 1. The van der Waals surface area contributed by atoms with Crippen LogP contribution >= 0.6 is 0 Å². The van der Waals surface area contributed by atoms with Crippen molar-refractivity contribution >= 4 is 21.5 Å². The van der Waals surface area contributed by atoms with E-state index in [0.29, 0.717) is 11.3 Å². The van der Waals surface area contributed by atoms with Crippen LogP contribution in [0.25, 0.3) is 32.8 Å². The molecule has 0 aliphatic carbocycles. The fraction of sp³-hybridized carbons (Fsp3) is 0. The quantitative estimate of drug-likeness (QED) is 0.286. The van der Waals surface area contributed by atoms with E-state index in [9.17, 15) is 4.39 Å². The van der Waals surface area contributed by atoms with Crippen LogP contribution in [0.1, 0.15) is 0 Å². The summed E-state index contributed by atoms with van der Waals surface area (Å²) in [5.74, 6) is -0.301. The topological polar surface area (TPSA) is 12.9 Å². The van der Waals surface area contributed by atoms with Gasteiger partial charge < -0.3 is 4.98 Å². The largest absolute Gasteiger partial charge is 0.304 e. The maximum absolute atomic E-state index is 13.9. The van der Waals surface area contributed by atoms with Crippen molar-refractivity contribution in [1.82, 2.24) is 4.98 Å². The standard InChI is InChI=1S/C19H11FN.Ir/c20-18-8-4-3-7-16(18)19-11-17-14(12-21-19)10-9-13-5-1-2-6-15(13)17;/h1-6,8-12H;/q-1;. The number of aromatic nitrogens is 1. The van der Waals surface area contributed by atoms with Crippen LogP contribution in [0.2, 0.25) is 0 Å². The van der Waals surface area contributed by atoms with E-state index in [4.69, 9.17) is 0 Å². The molecule has 4 rings (SSSR count). The summed E-state index contributed by atoms with van der Waals surface area (Å²) < 4.78 is 13.9. The molecule has 0 aliphatic heterocycles. The van der Waals surface area contributed by atoms with E-state index in [0.717, 1.165) is 16.2 Å². The van der Waals surface area contributed by atoms with E-state index in [1.165, 1.54) is 11.5 Å². The van der Waals surface area contributed by atoms with Gasteiger partial charge >= 0.3 is 0 Å². The zero-order valence-electron chi connectivity index (χ0n) is 11.5. The Bertz CT molecular complexity index is 965. The number of hydrogen-bond donors (Lipinski definition) is 0. The molecule has 0 unspecified atom stereocenters. The second kappa shape index (κ2) is 5.96. The maximum Gasteiger partial charge on any atom is 0.0380 e. The number of nitrogens with zero attached hydrogens (tertiary/aromatic N) is 1. The summed E-state index contributed by atoms with van der Waals surface area (Å²) >= 11 is 0. The van der Waals surface area contributed by atoms with Crippen LogP contribution in [-0.2, 0) is 20.1 Å². The molecule has 0 bridgehead atoms. The zero-order valence-corrected chi connectivity index (χ0v) is 13.9. The molecule has 1 radical (unpaired) electrons. The summed E-state index contributed by atoms with van der Waals surface area (Å²) in [6.45, 7) is 0. The first-order valence-electron chi connectivity index (χ1n) is 6.77. The zero-order chi connectivity index (χ0) is 14.2. The van der Waals surface area contributed by atoms with Gasteiger partial charge in [-0.25, -0.2) is 0 Å². The minimum atomic E-state index is -0.301. The SMILES string of the molecule is Fc1ccc[c-]c1-c1cc2c(ccc3ccccc32)cn1.[Ir]. The van der Waals surface area contributed by atoms with E-state index in [-0.39, 0.29) is 25.9 Å². The van der Waals surface area contributed by atoms with Crippen LogP contribution in [0.15, 0.2) is 66.9 Å². The summed E-state index contributed by atoms with van der Waals surface area (Å²) in [6, 6.07) is 21.9. The molecule has 1 aromatic heterocycles. The average molecular weight is 465 g/mol. The molecule has 3 heteroatoms. The molecule has 0 spiro atoms.